The Morgan fingerprint density at radius 2 is 2.05 bits per heavy atom. The third-order valence-electron chi connectivity index (χ3n) is 2.31. The first-order valence-corrected chi connectivity index (χ1v) is 7.48. The molecule has 0 bridgehead atoms. The van der Waals surface area contributed by atoms with Crippen molar-refractivity contribution in [2.45, 2.75) is 11.3 Å². The predicted molar refractivity (Wildman–Crippen MR) is 79.2 cm³/mol. The Hall–Kier alpha value is -1.60. The zero-order valence-corrected chi connectivity index (χ0v) is 12.3. The number of rotatable bonds is 5. The van der Waals surface area contributed by atoms with Gasteiger partial charge in [0.15, 0.2) is 4.34 Å². The van der Waals surface area contributed by atoms with Crippen LogP contribution in [0.2, 0.25) is 0 Å². The second kappa shape index (κ2) is 6.53. The van der Waals surface area contributed by atoms with Crippen molar-refractivity contribution >= 4 is 39.8 Å². The van der Waals surface area contributed by atoms with E-state index in [0.717, 1.165) is 15.2 Å². The number of aryl methyl sites for hydroxylation is 1. The second-order valence-corrected chi connectivity index (χ2v) is 6.03. The van der Waals surface area contributed by atoms with E-state index >= 15 is 0 Å². The maximum atomic E-state index is 11.1. The van der Waals surface area contributed by atoms with Crippen LogP contribution in [-0.4, -0.2) is 28.9 Å². The molecule has 2 N–H and O–H groups in total. The van der Waals surface area contributed by atoms with Crippen molar-refractivity contribution in [1.82, 2.24) is 15.5 Å². The van der Waals surface area contributed by atoms with Crippen molar-refractivity contribution < 1.29 is 4.79 Å². The van der Waals surface area contributed by atoms with Gasteiger partial charge in [0.1, 0.15) is 0 Å². The molecule has 1 amide bonds. The molecule has 0 saturated carbocycles. The number of hydrogen-bond acceptors (Lipinski definition) is 6. The molecule has 7 heteroatoms. The van der Waals surface area contributed by atoms with Gasteiger partial charge in [0.05, 0.1) is 5.75 Å². The molecule has 0 spiro atoms. The van der Waals surface area contributed by atoms with Crippen molar-refractivity contribution in [2.75, 3.05) is 18.1 Å². The van der Waals surface area contributed by atoms with Gasteiger partial charge in [0, 0.05) is 12.7 Å². The molecule has 0 radical (unpaired) electrons. The summed E-state index contributed by atoms with van der Waals surface area (Å²) in [6.07, 6.45) is 0. The van der Waals surface area contributed by atoms with Gasteiger partial charge in [-0.25, -0.2) is 0 Å². The quantitative estimate of drug-likeness (QED) is 0.829. The van der Waals surface area contributed by atoms with Gasteiger partial charge in [-0.1, -0.05) is 40.8 Å². The SMILES string of the molecule is CNC(=O)CSc1nnc(Nc2ccc(C)cc2)s1. The zero-order valence-electron chi connectivity index (χ0n) is 10.6. The van der Waals surface area contributed by atoms with E-state index in [4.69, 9.17) is 0 Å². The molecule has 0 aliphatic heterocycles. The third-order valence-corrected chi connectivity index (χ3v) is 4.29. The van der Waals surface area contributed by atoms with Gasteiger partial charge in [-0.05, 0) is 19.1 Å². The summed E-state index contributed by atoms with van der Waals surface area (Å²) < 4.78 is 0.776. The van der Waals surface area contributed by atoms with Gasteiger partial charge < -0.3 is 10.6 Å². The smallest absolute Gasteiger partial charge is 0.230 e. The number of amides is 1. The van der Waals surface area contributed by atoms with E-state index < -0.39 is 0 Å². The maximum Gasteiger partial charge on any atom is 0.230 e. The van der Waals surface area contributed by atoms with Crippen LogP contribution in [0.1, 0.15) is 5.56 Å². The minimum absolute atomic E-state index is 0.0201. The Kier molecular flexibility index (Phi) is 4.75. The number of anilines is 2. The fraction of sp³-hybridized carbons (Fsp3) is 0.250. The van der Waals surface area contributed by atoms with Crippen LogP contribution in [0.3, 0.4) is 0 Å². The number of aromatic nitrogens is 2. The summed E-state index contributed by atoms with van der Waals surface area (Å²) in [6.45, 7) is 2.04. The van der Waals surface area contributed by atoms with Gasteiger partial charge in [-0.2, -0.15) is 0 Å². The fourth-order valence-electron chi connectivity index (χ4n) is 1.28. The lowest BCUT2D eigenvalue weighted by molar-refractivity contribution is -0.118. The minimum atomic E-state index is -0.0201. The van der Waals surface area contributed by atoms with Crippen LogP contribution in [-0.2, 0) is 4.79 Å². The predicted octanol–water partition coefficient (Wildman–Crippen LogP) is 2.43. The van der Waals surface area contributed by atoms with Crippen LogP contribution in [0.15, 0.2) is 28.6 Å². The van der Waals surface area contributed by atoms with Crippen LogP contribution in [0.25, 0.3) is 0 Å². The second-order valence-electron chi connectivity index (χ2n) is 3.83. The minimum Gasteiger partial charge on any atom is -0.358 e. The van der Waals surface area contributed by atoms with Crippen molar-refractivity contribution in [3.63, 3.8) is 0 Å². The van der Waals surface area contributed by atoms with E-state index in [-0.39, 0.29) is 5.91 Å². The molecule has 1 aromatic carbocycles. The Labute approximate surface area is 119 Å². The lowest BCUT2D eigenvalue weighted by Crippen LogP contribution is -2.19. The molecule has 0 fully saturated rings. The van der Waals surface area contributed by atoms with Crippen LogP contribution in [0.4, 0.5) is 10.8 Å². The summed E-state index contributed by atoms with van der Waals surface area (Å²) in [5, 5.41) is 14.5. The Morgan fingerprint density at radius 3 is 2.74 bits per heavy atom. The summed E-state index contributed by atoms with van der Waals surface area (Å²) in [5.74, 6) is 0.337. The average Bonchev–Trinajstić information content (AvgIpc) is 2.86. The van der Waals surface area contributed by atoms with Crippen molar-refractivity contribution in [3.8, 4) is 0 Å². The van der Waals surface area contributed by atoms with Gasteiger partial charge in [-0.3, -0.25) is 4.79 Å². The molecule has 19 heavy (non-hydrogen) atoms. The molecule has 2 aromatic rings. The molecule has 0 atom stereocenters. The molecule has 5 nitrogen and oxygen atoms in total. The van der Waals surface area contributed by atoms with E-state index in [2.05, 4.69) is 20.8 Å². The number of thioether (sulfide) groups is 1. The third kappa shape index (κ3) is 4.22. The zero-order chi connectivity index (χ0) is 13.7. The summed E-state index contributed by atoms with van der Waals surface area (Å²) >= 11 is 2.81. The van der Waals surface area contributed by atoms with Gasteiger partial charge in [0.25, 0.3) is 0 Å². The summed E-state index contributed by atoms with van der Waals surface area (Å²) in [4.78, 5) is 11.1. The van der Waals surface area contributed by atoms with Crippen LogP contribution in [0.5, 0.6) is 0 Å². The maximum absolute atomic E-state index is 11.1. The van der Waals surface area contributed by atoms with Crippen molar-refractivity contribution in [3.05, 3.63) is 29.8 Å². The molecule has 100 valence electrons. The Balaban J connectivity index is 1.93. The molecular formula is C12H14N4OS2. The molecule has 1 heterocycles. The van der Waals surface area contributed by atoms with E-state index in [1.165, 1.54) is 28.7 Å². The van der Waals surface area contributed by atoms with Crippen LogP contribution < -0.4 is 10.6 Å². The summed E-state index contributed by atoms with van der Waals surface area (Å²) in [5.41, 5.74) is 2.19. The highest BCUT2D eigenvalue weighted by Crippen LogP contribution is 2.27. The average molecular weight is 294 g/mol. The normalized spacial score (nSPS) is 10.2. The number of benzene rings is 1. The summed E-state index contributed by atoms with van der Waals surface area (Å²) in [7, 11) is 1.62. The first-order valence-electron chi connectivity index (χ1n) is 5.68. The Bertz CT molecular complexity index is 553. The molecular weight excluding hydrogens is 280 g/mol. The lowest BCUT2D eigenvalue weighted by Gasteiger charge is -2.01. The Morgan fingerprint density at radius 1 is 1.32 bits per heavy atom. The highest BCUT2D eigenvalue weighted by atomic mass is 32.2. The topological polar surface area (TPSA) is 66.9 Å². The summed E-state index contributed by atoms with van der Waals surface area (Å²) in [6, 6.07) is 8.05. The number of carbonyl (C=O) groups is 1. The first-order chi connectivity index (χ1) is 9.17. The molecule has 0 saturated heterocycles. The largest absolute Gasteiger partial charge is 0.358 e. The number of carbonyl (C=O) groups excluding carboxylic acids is 1. The standard InChI is InChI=1S/C12H14N4OS2/c1-8-3-5-9(6-4-8)14-11-15-16-12(19-11)18-7-10(17)13-2/h3-6H,7H2,1-2H3,(H,13,17)(H,14,15). The molecule has 0 aliphatic rings. The van der Waals surface area contributed by atoms with Crippen molar-refractivity contribution in [2.24, 2.45) is 0 Å². The number of nitrogens with one attached hydrogen (secondary N) is 2. The van der Waals surface area contributed by atoms with Crippen molar-refractivity contribution in [1.29, 1.82) is 0 Å². The number of nitrogens with zero attached hydrogens (tertiary/aromatic N) is 2. The molecule has 0 unspecified atom stereocenters. The monoisotopic (exact) mass is 294 g/mol. The highest BCUT2D eigenvalue weighted by molar-refractivity contribution is 8.01. The lowest BCUT2D eigenvalue weighted by atomic mass is 10.2. The highest BCUT2D eigenvalue weighted by Gasteiger charge is 2.07. The van der Waals surface area contributed by atoms with Gasteiger partial charge >= 0.3 is 0 Å². The van der Waals surface area contributed by atoms with E-state index in [1.54, 1.807) is 7.05 Å². The van der Waals surface area contributed by atoms with E-state index in [9.17, 15) is 4.79 Å². The van der Waals surface area contributed by atoms with Gasteiger partial charge in [-0.15, -0.1) is 10.2 Å². The number of hydrogen-bond donors (Lipinski definition) is 2. The molecule has 1 aromatic heterocycles. The molecule has 2 rings (SSSR count). The van der Waals surface area contributed by atoms with Crippen LogP contribution in [0, 0.1) is 6.92 Å². The first kappa shape index (κ1) is 13.8. The van der Waals surface area contributed by atoms with Crippen LogP contribution >= 0.6 is 23.1 Å². The van der Waals surface area contributed by atoms with E-state index in [0.29, 0.717) is 5.75 Å². The fourth-order valence-corrected chi connectivity index (χ4v) is 2.92. The van der Waals surface area contributed by atoms with E-state index in [1.807, 2.05) is 31.2 Å². The van der Waals surface area contributed by atoms with Gasteiger partial charge in [0.2, 0.25) is 11.0 Å². The molecule has 0 aliphatic carbocycles.